The summed E-state index contributed by atoms with van der Waals surface area (Å²) < 4.78 is 5.42. The van der Waals surface area contributed by atoms with Gasteiger partial charge in [0, 0.05) is 37.0 Å². The fourth-order valence-electron chi connectivity index (χ4n) is 2.58. The van der Waals surface area contributed by atoms with Gasteiger partial charge in [-0.2, -0.15) is 11.8 Å². The maximum absolute atomic E-state index is 5.42. The van der Waals surface area contributed by atoms with Crippen LogP contribution >= 0.6 is 11.8 Å². The number of hydrogen-bond acceptors (Lipinski definition) is 4. The Morgan fingerprint density at radius 3 is 2.76 bits per heavy atom. The number of thioether (sulfide) groups is 1. The molecule has 2 saturated heterocycles. The first-order valence-corrected chi connectivity index (χ1v) is 7.98. The second kappa shape index (κ2) is 6.41. The Morgan fingerprint density at radius 2 is 2.12 bits per heavy atom. The van der Waals surface area contributed by atoms with E-state index >= 15 is 0 Å². The number of ether oxygens (including phenoxy) is 1. The highest BCUT2D eigenvalue weighted by Crippen LogP contribution is 2.19. The van der Waals surface area contributed by atoms with E-state index in [1.165, 1.54) is 24.3 Å². The van der Waals surface area contributed by atoms with Crippen molar-refractivity contribution in [2.24, 2.45) is 0 Å². The molecule has 17 heavy (non-hydrogen) atoms. The molecule has 100 valence electrons. The smallest absolute Gasteiger partial charge is 0.0594 e. The molecule has 2 heterocycles. The lowest BCUT2D eigenvalue weighted by atomic mass is 10.0. The van der Waals surface area contributed by atoms with Crippen molar-refractivity contribution < 1.29 is 4.74 Å². The summed E-state index contributed by atoms with van der Waals surface area (Å²) in [7, 11) is 0. The molecule has 0 aromatic rings. The minimum Gasteiger partial charge on any atom is -0.379 e. The van der Waals surface area contributed by atoms with E-state index in [9.17, 15) is 0 Å². The SMILES string of the molecule is CC(C)(CNC1CCCSC1)N1CCOCC1. The summed E-state index contributed by atoms with van der Waals surface area (Å²) in [6.45, 7) is 9.73. The van der Waals surface area contributed by atoms with Crippen LogP contribution in [0.5, 0.6) is 0 Å². The maximum Gasteiger partial charge on any atom is 0.0594 e. The second-order valence-electron chi connectivity index (χ2n) is 5.71. The fourth-order valence-corrected chi connectivity index (χ4v) is 3.68. The molecule has 1 atom stereocenters. The van der Waals surface area contributed by atoms with Gasteiger partial charge in [0.15, 0.2) is 0 Å². The van der Waals surface area contributed by atoms with Crippen LogP contribution in [0.1, 0.15) is 26.7 Å². The topological polar surface area (TPSA) is 24.5 Å². The average molecular weight is 258 g/mol. The van der Waals surface area contributed by atoms with Crippen LogP contribution in [0.15, 0.2) is 0 Å². The molecule has 2 rings (SSSR count). The van der Waals surface area contributed by atoms with Crippen molar-refractivity contribution in [1.29, 1.82) is 0 Å². The molecule has 0 spiro atoms. The van der Waals surface area contributed by atoms with Crippen molar-refractivity contribution >= 4 is 11.8 Å². The molecule has 0 amide bonds. The van der Waals surface area contributed by atoms with E-state index in [0.29, 0.717) is 0 Å². The van der Waals surface area contributed by atoms with Crippen molar-refractivity contribution in [2.75, 3.05) is 44.4 Å². The van der Waals surface area contributed by atoms with Crippen molar-refractivity contribution in [2.45, 2.75) is 38.3 Å². The Kier molecular flexibility index (Phi) is 5.15. The Morgan fingerprint density at radius 1 is 1.35 bits per heavy atom. The normalized spacial score (nSPS) is 28.2. The molecule has 2 aliphatic heterocycles. The van der Waals surface area contributed by atoms with Gasteiger partial charge in [0.05, 0.1) is 13.2 Å². The molecule has 0 saturated carbocycles. The monoisotopic (exact) mass is 258 g/mol. The van der Waals surface area contributed by atoms with Gasteiger partial charge in [-0.05, 0) is 32.4 Å². The summed E-state index contributed by atoms with van der Waals surface area (Å²) in [6.07, 6.45) is 2.73. The predicted octanol–water partition coefficient (Wildman–Crippen LogP) is 1.58. The van der Waals surface area contributed by atoms with Crippen LogP contribution in [0.2, 0.25) is 0 Å². The van der Waals surface area contributed by atoms with Crippen LogP contribution in [0.4, 0.5) is 0 Å². The highest BCUT2D eigenvalue weighted by Gasteiger charge is 2.28. The zero-order valence-corrected chi connectivity index (χ0v) is 12.0. The number of nitrogens with zero attached hydrogens (tertiary/aromatic N) is 1. The van der Waals surface area contributed by atoms with E-state index in [-0.39, 0.29) is 5.54 Å². The van der Waals surface area contributed by atoms with Gasteiger partial charge in [-0.15, -0.1) is 0 Å². The maximum atomic E-state index is 5.42. The molecule has 4 heteroatoms. The lowest BCUT2D eigenvalue weighted by Gasteiger charge is -2.42. The molecule has 1 N–H and O–H groups in total. The first-order valence-electron chi connectivity index (χ1n) is 6.82. The Hall–Kier alpha value is 0.230. The number of nitrogens with one attached hydrogen (secondary N) is 1. The summed E-state index contributed by atoms with van der Waals surface area (Å²) in [4.78, 5) is 2.56. The standard InChI is InChI=1S/C13H26N2OS/c1-13(2,15-5-7-16-8-6-15)11-14-12-4-3-9-17-10-12/h12,14H,3-11H2,1-2H3. The molecule has 0 aromatic carbocycles. The van der Waals surface area contributed by atoms with E-state index in [1.807, 2.05) is 0 Å². The third-order valence-corrected chi connectivity index (χ3v) is 5.07. The zero-order valence-electron chi connectivity index (χ0n) is 11.2. The average Bonchev–Trinajstić information content (AvgIpc) is 2.39. The first kappa shape index (κ1) is 13.7. The molecule has 3 nitrogen and oxygen atoms in total. The Labute approximate surface area is 110 Å². The van der Waals surface area contributed by atoms with Crippen molar-refractivity contribution in [3.05, 3.63) is 0 Å². The predicted molar refractivity (Wildman–Crippen MR) is 74.8 cm³/mol. The van der Waals surface area contributed by atoms with E-state index in [0.717, 1.165) is 38.9 Å². The summed E-state index contributed by atoms with van der Waals surface area (Å²) in [6, 6.07) is 0.731. The van der Waals surface area contributed by atoms with E-state index in [1.54, 1.807) is 0 Å². The summed E-state index contributed by atoms with van der Waals surface area (Å²) in [5, 5.41) is 3.76. The van der Waals surface area contributed by atoms with E-state index < -0.39 is 0 Å². The number of morpholine rings is 1. The van der Waals surface area contributed by atoms with Gasteiger partial charge in [-0.25, -0.2) is 0 Å². The van der Waals surface area contributed by atoms with Crippen LogP contribution in [-0.4, -0.2) is 60.8 Å². The van der Waals surface area contributed by atoms with Gasteiger partial charge >= 0.3 is 0 Å². The van der Waals surface area contributed by atoms with Gasteiger partial charge in [0.25, 0.3) is 0 Å². The van der Waals surface area contributed by atoms with Crippen LogP contribution in [-0.2, 0) is 4.74 Å². The first-order chi connectivity index (χ1) is 8.18. The fraction of sp³-hybridized carbons (Fsp3) is 1.00. The van der Waals surface area contributed by atoms with Gasteiger partial charge in [0.2, 0.25) is 0 Å². The largest absolute Gasteiger partial charge is 0.379 e. The highest BCUT2D eigenvalue weighted by molar-refractivity contribution is 7.99. The van der Waals surface area contributed by atoms with Crippen LogP contribution < -0.4 is 5.32 Å². The lowest BCUT2D eigenvalue weighted by Crippen LogP contribution is -2.56. The molecular weight excluding hydrogens is 232 g/mol. The number of hydrogen-bond donors (Lipinski definition) is 1. The minimum absolute atomic E-state index is 0.256. The van der Waals surface area contributed by atoms with Crippen LogP contribution in [0.25, 0.3) is 0 Å². The zero-order chi connectivity index (χ0) is 12.1. The third kappa shape index (κ3) is 4.12. The van der Waals surface area contributed by atoms with Crippen molar-refractivity contribution in [3.63, 3.8) is 0 Å². The molecule has 0 bridgehead atoms. The molecule has 2 fully saturated rings. The molecule has 2 aliphatic rings. The molecule has 0 aliphatic carbocycles. The minimum atomic E-state index is 0.256. The van der Waals surface area contributed by atoms with Crippen LogP contribution in [0.3, 0.4) is 0 Å². The molecule has 0 radical (unpaired) electrons. The summed E-state index contributed by atoms with van der Waals surface area (Å²) in [5.74, 6) is 2.64. The number of rotatable bonds is 4. The van der Waals surface area contributed by atoms with E-state index in [4.69, 9.17) is 4.74 Å². The molecule has 1 unspecified atom stereocenters. The Balaban J connectivity index is 1.75. The van der Waals surface area contributed by atoms with E-state index in [2.05, 4.69) is 35.8 Å². The quantitative estimate of drug-likeness (QED) is 0.827. The third-order valence-electron chi connectivity index (χ3n) is 3.85. The molecular formula is C13H26N2OS. The highest BCUT2D eigenvalue weighted by atomic mass is 32.2. The summed E-state index contributed by atoms with van der Waals surface area (Å²) in [5.41, 5.74) is 0.256. The van der Waals surface area contributed by atoms with Gasteiger partial charge in [-0.1, -0.05) is 0 Å². The van der Waals surface area contributed by atoms with Gasteiger partial charge < -0.3 is 10.1 Å². The van der Waals surface area contributed by atoms with Gasteiger partial charge in [-0.3, -0.25) is 4.90 Å². The Bertz CT molecular complexity index is 223. The van der Waals surface area contributed by atoms with Crippen molar-refractivity contribution in [3.8, 4) is 0 Å². The lowest BCUT2D eigenvalue weighted by molar-refractivity contribution is -0.0102. The van der Waals surface area contributed by atoms with Gasteiger partial charge in [0.1, 0.15) is 0 Å². The summed E-state index contributed by atoms with van der Waals surface area (Å²) >= 11 is 2.09. The van der Waals surface area contributed by atoms with Crippen LogP contribution in [0, 0.1) is 0 Å². The van der Waals surface area contributed by atoms with Crippen molar-refractivity contribution in [1.82, 2.24) is 10.2 Å². The second-order valence-corrected chi connectivity index (χ2v) is 6.86. The molecule has 0 aromatic heterocycles.